The number of allylic oxidation sites excluding steroid dienone is 1. The highest BCUT2D eigenvalue weighted by Crippen LogP contribution is 2.27. The molecule has 0 unspecified atom stereocenters. The molecular weight excluding hydrogens is 170 g/mol. The third kappa shape index (κ3) is 1.62. The first kappa shape index (κ1) is 9.14. The molecule has 64 valence electrons. The van der Waals surface area contributed by atoms with Crippen LogP contribution in [0.5, 0.6) is 0 Å². The first-order valence-corrected chi connectivity index (χ1v) is 4.11. The first-order valence-electron chi connectivity index (χ1n) is 3.74. The van der Waals surface area contributed by atoms with E-state index in [4.69, 9.17) is 17.3 Å². The van der Waals surface area contributed by atoms with Gasteiger partial charge >= 0.3 is 0 Å². The summed E-state index contributed by atoms with van der Waals surface area (Å²) in [5, 5.41) is 0.717. The molecule has 0 saturated heterocycles. The summed E-state index contributed by atoms with van der Waals surface area (Å²) in [6.07, 6.45) is 0. The van der Waals surface area contributed by atoms with Crippen molar-refractivity contribution in [3.8, 4) is 0 Å². The molecule has 1 rings (SSSR count). The van der Waals surface area contributed by atoms with Gasteiger partial charge in [0.1, 0.15) is 0 Å². The third-order valence-corrected chi connectivity index (χ3v) is 2.13. The van der Waals surface area contributed by atoms with Crippen molar-refractivity contribution in [2.24, 2.45) is 0 Å². The Bertz CT molecular complexity index is 329. The number of nitrogen functional groups attached to an aromatic ring is 1. The van der Waals surface area contributed by atoms with Gasteiger partial charge in [0.15, 0.2) is 0 Å². The molecule has 0 aromatic heterocycles. The fourth-order valence-corrected chi connectivity index (χ4v) is 1.40. The normalized spacial score (nSPS) is 9.92. The van der Waals surface area contributed by atoms with Crippen molar-refractivity contribution in [2.75, 3.05) is 5.73 Å². The molecule has 0 radical (unpaired) electrons. The van der Waals surface area contributed by atoms with Crippen molar-refractivity contribution < 1.29 is 0 Å². The van der Waals surface area contributed by atoms with Crippen LogP contribution in [-0.4, -0.2) is 0 Å². The van der Waals surface area contributed by atoms with Crippen molar-refractivity contribution in [3.05, 3.63) is 34.9 Å². The molecule has 0 spiro atoms. The van der Waals surface area contributed by atoms with Crippen LogP contribution in [0.15, 0.2) is 18.7 Å². The molecule has 0 aliphatic carbocycles. The van der Waals surface area contributed by atoms with Crippen molar-refractivity contribution >= 4 is 22.9 Å². The molecule has 0 heterocycles. The van der Waals surface area contributed by atoms with Crippen molar-refractivity contribution in [1.82, 2.24) is 0 Å². The van der Waals surface area contributed by atoms with E-state index in [1.165, 1.54) is 0 Å². The van der Waals surface area contributed by atoms with Crippen LogP contribution in [-0.2, 0) is 0 Å². The number of hydrogen-bond donors (Lipinski definition) is 1. The Kier molecular flexibility index (Phi) is 2.43. The van der Waals surface area contributed by atoms with Crippen molar-refractivity contribution in [3.63, 3.8) is 0 Å². The maximum Gasteiger partial charge on any atom is 0.0484 e. The van der Waals surface area contributed by atoms with Crippen molar-refractivity contribution in [1.29, 1.82) is 0 Å². The SMILES string of the molecule is C=C(C)c1cc(N)c(C)cc1Cl. The lowest BCUT2D eigenvalue weighted by Crippen LogP contribution is -1.92. The molecule has 0 bridgehead atoms. The van der Waals surface area contributed by atoms with Gasteiger partial charge in [0.05, 0.1) is 0 Å². The summed E-state index contributed by atoms with van der Waals surface area (Å²) in [5.41, 5.74) is 9.36. The fourth-order valence-electron chi connectivity index (χ4n) is 1.02. The monoisotopic (exact) mass is 181 g/mol. The van der Waals surface area contributed by atoms with Crippen LogP contribution in [0.25, 0.3) is 5.57 Å². The molecule has 2 heteroatoms. The molecule has 0 atom stereocenters. The lowest BCUT2D eigenvalue weighted by Gasteiger charge is -2.06. The standard InChI is InChI=1S/C10H12ClN/c1-6(2)8-5-10(12)7(3)4-9(8)11/h4-5H,1,12H2,2-3H3. The minimum Gasteiger partial charge on any atom is -0.398 e. The molecule has 2 N–H and O–H groups in total. The first-order chi connectivity index (χ1) is 5.52. The number of rotatable bonds is 1. The van der Waals surface area contributed by atoms with E-state index in [9.17, 15) is 0 Å². The van der Waals surface area contributed by atoms with Gasteiger partial charge in [-0.15, -0.1) is 0 Å². The summed E-state index contributed by atoms with van der Waals surface area (Å²) in [6.45, 7) is 7.66. The van der Waals surface area contributed by atoms with E-state index in [1.807, 2.05) is 26.0 Å². The maximum absolute atomic E-state index is 5.98. The van der Waals surface area contributed by atoms with Crippen molar-refractivity contribution in [2.45, 2.75) is 13.8 Å². The smallest absolute Gasteiger partial charge is 0.0484 e. The van der Waals surface area contributed by atoms with E-state index in [2.05, 4.69) is 6.58 Å². The zero-order chi connectivity index (χ0) is 9.30. The molecule has 1 nitrogen and oxygen atoms in total. The summed E-state index contributed by atoms with van der Waals surface area (Å²) in [4.78, 5) is 0. The number of aryl methyl sites for hydroxylation is 1. The van der Waals surface area contributed by atoms with E-state index < -0.39 is 0 Å². The topological polar surface area (TPSA) is 26.0 Å². The van der Waals surface area contributed by atoms with Crippen LogP contribution < -0.4 is 5.73 Å². The third-order valence-electron chi connectivity index (χ3n) is 1.82. The van der Waals surface area contributed by atoms with E-state index >= 15 is 0 Å². The lowest BCUT2D eigenvalue weighted by atomic mass is 10.1. The Hall–Kier alpha value is -0.950. The number of benzene rings is 1. The number of anilines is 1. The van der Waals surface area contributed by atoms with Crippen LogP contribution in [0.1, 0.15) is 18.1 Å². The molecule has 0 aliphatic rings. The second-order valence-electron chi connectivity index (χ2n) is 2.97. The molecule has 1 aromatic rings. The Balaban J connectivity index is 3.33. The van der Waals surface area contributed by atoms with Gasteiger partial charge in [-0.05, 0) is 42.7 Å². The molecule has 0 amide bonds. The van der Waals surface area contributed by atoms with Crippen LogP contribution in [0.2, 0.25) is 5.02 Å². The summed E-state index contributed by atoms with van der Waals surface area (Å²) in [7, 11) is 0. The van der Waals surface area contributed by atoms with Gasteiger partial charge in [-0.2, -0.15) is 0 Å². The molecule has 12 heavy (non-hydrogen) atoms. The predicted molar refractivity (Wildman–Crippen MR) is 55.3 cm³/mol. The predicted octanol–water partition coefficient (Wildman–Crippen LogP) is 3.26. The van der Waals surface area contributed by atoms with E-state index in [-0.39, 0.29) is 0 Å². The summed E-state index contributed by atoms with van der Waals surface area (Å²) < 4.78 is 0. The molecule has 0 saturated carbocycles. The second kappa shape index (κ2) is 3.20. The van der Waals surface area contributed by atoms with Crippen LogP contribution in [0.4, 0.5) is 5.69 Å². The van der Waals surface area contributed by atoms with Crippen LogP contribution in [0.3, 0.4) is 0 Å². The number of hydrogen-bond acceptors (Lipinski definition) is 1. The van der Waals surface area contributed by atoms with Gasteiger partial charge in [0.25, 0.3) is 0 Å². The summed E-state index contributed by atoms with van der Waals surface area (Å²) >= 11 is 5.98. The highest BCUT2D eigenvalue weighted by molar-refractivity contribution is 6.32. The molecular formula is C10H12ClN. The number of halogens is 1. The van der Waals surface area contributed by atoms with Gasteiger partial charge < -0.3 is 5.73 Å². The Morgan fingerprint density at radius 3 is 2.58 bits per heavy atom. The zero-order valence-electron chi connectivity index (χ0n) is 7.32. The van der Waals surface area contributed by atoms with E-state index in [0.717, 1.165) is 22.4 Å². The van der Waals surface area contributed by atoms with Gasteiger partial charge in [-0.3, -0.25) is 0 Å². The van der Waals surface area contributed by atoms with Gasteiger partial charge in [0, 0.05) is 10.7 Å². The van der Waals surface area contributed by atoms with E-state index in [1.54, 1.807) is 0 Å². The fraction of sp³-hybridized carbons (Fsp3) is 0.200. The Labute approximate surface area is 77.8 Å². The van der Waals surface area contributed by atoms with E-state index in [0.29, 0.717) is 5.02 Å². The van der Waals surface area contributed by atoms with Gasteiger partial charge in [-0.25, -0.2) is 0 Å². The summed E-state index contributed by atoms with van der Waals surface area (Å²) in [6, 6.07) is 3.72. The lowest BCUT2D eigenvalue weighted by molar-refractivity contribution is 1.45. The molecule has 0 aliphatic heterocycles. The number of nitrogens with two attached hydrogens (primary N) is 1. The Morgan fingerprint density at radius 2 is 2.08 bits per heavy atom. The maximum atomic E-state index is 5.98. The van der Waals surface area contributed by atoms with Crippen LogP contribution in [0, 0.1) is 6.92 Å². The Morgan fingerprint density at radius 1 is 1.50 bits per heavy atom. The highest BCUT2D eigenvalue weighted by atomic mass is 35.5. The quantitative estimate of drug-likeness (QED) is 0.662. The van der Waals surface area contributed by atoms with Crippen LogP contribution >= 0.6 is 11.6 Å². The molecule has 1 aromatic carbocycles. The second-order valence-corrected chi connectivity index (χ2v) is 3.38. The largest absolute Gasteiger partial charge is 0.398 e. The van der Waals surface area contributed by atoms with Gasteiger partial charge in [-0.1, -0.05) is 18.2 Å². The molecule has 0 fully saturated rings. The average molecular weight is 182 g/mol. The minimum absolute atomic E-state index is 0.717. The van der Waals surface area contributed by atoms with Gasteiger partial charge in [0.2, 0.25) is 0 Å². The highest BCUT2D eigenvalue weighted by Gasteiger charge is 2.03. The zero-order valence-corrected chi connectivity index (χ0v) is 8.07. The summed E-state index contributed by atoms with van der Waals surface area (Å²) in [5.74, 6) is 0. The minimum atomic E-state index is 0.717. The average Bonchev–Trinajstić information content (AvgIpc) is 1.96.